The van der Waals surface area contributed by atoms with Crippen LogP contribution in [0.2, 0.25) is 0 Å². The highest BCUT2D eigenvalue weighted by molar-refractivity contribution is 6.10. The number of para-hydroxylation sites is 2. The average molecular weight is 350 g/mol. The van der Waals surface area contributed by atoms with Crippen LogP contribution in [0.15, 0.2) is 54.1 Å². The van der Waals surface area contributed by atoms with E-state index in [1.54, 1.807) is 30.3 Å². The summed E-state index contributed by atoms with van der Waals surface area (Å²) in [5.41, 5.74) is 1.28. The first-order chi connectivity index (χ1) is 12.5. The van der Waals surface area contributed by atoms with E-state index in [0.717, 1.165) is 11.3 Å². The Morgan fingerprint density at radius 3 is 2.50 bits per heavy atom. The van der Waals surface area contributed by atoms with Gasteiger partial charge in [-0.1, -0.05) is 24.3 Å². The first-order valence-electron chi connectivity index (χ1n) is 8.45. The first kappa shape index (κ1) is 19.1. The van der Waals surface area contributed by atoms with Gasteiger partial charge in [-0.3, -0.25) is 4.79 Å². The highest BCUT2D eigenvalue weighted by Crippen LogP contribution is 2.24. The van der Waals surface area contributed by atoms with Crippen molar-refractivity contribution in [1.82, 2.24) is 0 Å². The maximum absolute atomic E-state index is 12.4. The van der Waals surface area contributed by atoms with Crippen LogP contribution in [-0.4, -0.2) is 18.6 Å². The van der Waals surface area contributed by atoms with Crippen LogP contribution in [0.3, 0.4) is 0 Å². The van der Waals surface area contributed by atoms with Gasteiger partial charge in [0.15, 0.2) is 0 Å². The summed E-state index contributed by atoms with van der Waals surface area (Å²) in [6.07, 6.45) is 1.62. The lowest BCUT2D eigenvalue weighted by Crippen LogP contribution is -2.14. The molecule has 1 amide bonds. The van der Waals surface area contributed by atoms with Crippen molar-refractivity contribution in [1.29, 1.82) is 5.26 Å². The quantitative estimate of drug-likeness (QED) is 0.593. The van der Waals surface area contributed by atoms with Gasteiger partial charge in [-0.15, -0.1) is 0 Å². The lowest BCUT2D eigenvalue weighted by Gasteiger charge is -2.11. The number of anilines is 1. The first-order valence-corrected chi connectivity index (χ1v) is 8.45. The molecule has 0 radical (unpaired) electrons. The predicted octanol–water partition coefficient (Wildman–Crippen LogP) is 4.42. The number of carbonyl (C=O) groups is 1. The minimum Gasteiger partial charge on any atom is -0.492 e. The highest BCUT2D eigenvalue weighted by Gasteiger charge is 2.12. The van der Waals surface area contributed by atoms with E-state index in [1.165, 1.54) is 6.08 Å². The largest absolute Gasteiger partial charge is 0.492 e. The Morgan fingerprint density at radius 2 is 1.88 bits per heavy atom. The maximum atomic E-state index is 12.4. The van der Waals surface area contributed by atoms with Crippen LogP contribution in [-0.2, 0) is 4.79 Å². The van der Waals surface area contributed by atoms with Crippen molar-refractivity contribution in [3.8, 4) is 17.6 Å². The molecule has 26 heavy (non-hydrogen) atoms. The molecule has 0 aliphatic rings. The molecule has 0 fully saturated rings. The van der Waals surface area contributed by atoms with Crippen molar-refractivity contribution < 1.29 is 14.3 Å². The molecule has 0 aliphatic heterocycles. The van der Waals surface area contributed by atoms with Gasteiger partial charge in [0.2, 0.25) is 0 Å². The minimum atomic E-state index is -0.484. The van der Waals surface area contributed by atoms with Crippen LogP contribution in [0.25, 0.3) is 6.08 Å². The number of amides is 1. The van der Waals surface area contributed by atoms with Gasteiger partial charge in [0.05, 0.1) is 18.4 Å². The fourth-order valence-electron chi connectivity index (χ4n) is 2.27. The zero-order valence-electron chi connectivity index (χ0n) is 15.2. The maximum Gasteiger partial charge on any atom is 0.266 e. The van der Waals surface area contributed by atoms with Crippen molar-refractivity contribution in [2.45, 2.75) is 26.9 Å². The normalized spacial score (nSPS) is 11.0. The third-order valence-electron chi connectivity index (χ3n) is 3.36. The molecule has 0 bridgehead atoms. The Bertz CT molecular complexity index is 818. The summed E-state index contributed by atoms with van der Waals surface area (Å²) in [5, 5.41) is 12.1. The van der Waals surface area contributed by atoms with Crippen LogP contribution in [0.1, 0.15) is 26.3 Å². The van der Waals surface area contributed by atoms with Crippen molar-refractivity contribution in [2.75, 3.05) is 11.9 Å². The zero-order valence-corrected chi connectivity index (χ0v) is 15.2. The fourth-order valence-corrected chi connectivity index (χ4v) is 2.27. The molecule has 2 rings (SSSR count). The Balaban J connectivity index is 2.16. The molecule has 134 valence electrons. The zero-order chi connectivity index (χ0) is 18.9. The molecule has 5 heteroatoms. The van der Waals surface area contributed by atoms with Crippen LogP contribution < -0.4 is 14.8 Å². The number of ether oxygens (including phenoxy) is 2. The Hall–Kier alpha value is -3.26. The smallest absolute Gasteiger partial charge is 0.266 e. The molecule has 1 N–H and O–H groups in total. The number of rotatable bonds is 7. The summed E-state index contributed by atoms with van der Waals surface area (Å²) in [7, 11) is 0. The molecule has 5 nitrogen and oxygen atoms in total. The number of nitriles is 1. The standard InChI is InChI=1S/C21H22N2O3/c1-4-25-20-8-6-5-7-19(20)23-21(24)17(14-22)13-16-9-11-18(12-10-16)26-15(2)3/h5-13,15H,4H2,1-3H3,(H,23,24)/b17-13+. The fraction of sp³-hybridized carbons (Fsp3) is 0.238. The van der Waals surface area contributed by atoms with E-state index in [0.29, 0.717) is 18.0 Å². The van der Waals surface area contributed by atoms with Crippen molar-refractivity contribution >= 4 is 17.7 Å². The second kappa shape index (κ2) is 9.28. The Labute approximate surface area is 153 Å². The number of hydrogen-bond donors (Lipinski definition) is 1. The molecule has 2 aromatic rings. The third-order valence-corrected chi connectivity index (χ3v) is 3.36. The van der Waals surface area contributed by atoms with Gasteiger partial charge < -0.3 is 14.8 Å². The molecular formula is C21H22N2O3. The SMILES string of the molecule is CCOc1ccccc1NC(=O)/C(C#N)=C/c1ccc(OC(C)C)cc1. The molecule has 0 unspecified atom stereocenters. The molecule has 0 atom stereocenters. The van der Waals surface area contributed by atoms with Crippen LogP contribution in [0.4, 0.5) is 5.69 Å². The topological polar surface area (TPSA) is 71.3 Å². The third kappa shape index (κ3) is 5.38. The number of nitrogens with one attached hydrogen (secondary N) is 1. The van der Waals surface area contributed by atoms with Crippen LogP contribution in [0, 0.1) is 11.3 Å². The van der Waals surface area contributed by atoms with E-state index in [1.807, 2.05) is 45.0 Å². The molecule has 0 aliphatic carbocycles. The van der Waals surface area contributed by atoms with E-state index in [-0.39, 0.29) is 11.7 Å². The summed E-state index contributed by atoms with van der Waals surface area (Å²) in [4.78, 5) is 12.4. The van der Waals surface area contributed by atoms with Crippen LogP contribution in [0.5, 0.6) is 11.5 Å². The highest BCUT2D eigenvalue weighted by atomic mass is 16.5. The van der Waals surface area contributed by atoms with E-state index < -0.39 is 5.91 Å². The summed E-state index contributed by atoms with van der Waals surface area (Å²) >= 11 is 0. The summed E-state index contributed by atoms with van der Waals surface area (Å²) in [6, 6.07) is 16.3. The number of hydrogen-bond acceptors (Lipinski definition) is 4. The molecule has 0 saturated heterocycles. The lowest BCUT2D eigenvalue weighted by molar-refractivity contribution is -0.112. The van der Waals surface area contributed by atoms with Crippen molar-refractivity contribution in [2.24, 2.45) is 0 Å². The Morgan fingerprint density at radius 1 is 1.19 bits per heavy atom. The second-order valence-electron chi connectivity index (χ2n) is 5.79. The van der Waals surface area contributed by atoms with Gasteiger partial charge in [0.1, 0.15) is 23.1 Å². The summed E-state index contributed by atoms with van der Waals surface area (Å²) < 4.78 is 11.1. The molecule has 2 aromatic carbocycles. The second-order valence-corrected chi connectivity index (χ2v) is 5.79. The van der Waals surface area contributed by atoms with Crippen molar-refractivity contribution in [3.05, 3.63) is 59.7 Å². The van der Waals surface area contributed by atoms with E-state index in [2.05, 4.69) is 5.32 Å². The van der Waals surface area contributed by atoms with Gasteiger partial charge in [-0.2, -0.15) is 5.26 Å². The molecular weight excluding hydrogens is 328 g/mol. The van der Waals surface area contributed by atoms with Gasteiger partial charge >= 0.3 is 0 Å². The predicted molar refractivity (Wildman–Crippen MR) is 102 cm³/mol. The molecule has 0 saturated carbocycles. The summed E-state index contributed by atoms with van der Waals surface area (Å²) in [5.74, 6) is 0.823. The van der Waals surface area contributed by atoms with E-state index in [9.17, 15) is 10.1 Å². The number of nitrogens with zero attached hydrogens (tertiary/aromatic N) is 1. The summed E-state index contributed by atoms with van der Waals surface area (Å²) in [6.45, 7) is 6.25. The molecule has 0 aromatic heterocycles. The van der Waals surface area contributed by atoms with E-state index >= 15 is 0 Å². The van der Waals surface area contributed by atoms with E-state index in [4.69, 9.17) is 9.47 Å². The number of carbonyl (C=O) groups excluding carboxylic acids is 1. The van der Waals surface area contributed by atoms with Gasteiger partial charge in [0.25, 0.3) is 5.91 Å². The van der Waals surface area contributed by atoms with Crippen molar-refractivity contribution in [3.63, 3.8) is 0 Å². The van der Waals surface area contributed by atoms with Gasteiger partial charge in [0, 0.05) is 0 Å². The Kier molecular flexibility index (Phi) is 6.81. The van der Waals surface area contributed by atoms with Crippen LogP contribution >= 0.6 is 0 Å². The van der Waals surface area contributed by atoms with Gasteiger partial charge in [-0.25, -0.2) is 0 Å². The molecule has 0 heterocycles. The number of benzene rings is 2. The lowest BCUT2D eigenvalue weighted by atomic mass is 10.1. The van der Waals surface area contributed by atoms with Gasteiger partial charge in [-0.05, 0) is 56.7 Å². The monoisotopic (exact) mass is 350 g/mol. The minimum absolute atomic E-state index is 0.00818. The average Bonchev–Trinajstić information content (AvgIpc) is 2.62. The molecule has 0 spiro atoms.